The molecule has 1 heterocycles. The first-order chi connectivity index (χ1) is 5.93. The molecule has 1 unspecified atom stereocenters. The number of allylic oxidation sites excluding steroid dienone is 1. The average molecular weight is 159 g/mol. The van der Waals surface area contributed by atoms with Gasteiger partial charge in [0.05, 0.1) is 0 Å². The fourth-order valence-electron chi connectivity index (χ4n) is 1.73. The van der Waals surface area contributed by atoms with Crippen molar-refractivity contribution in [3.05, 3.63) is 12.2 Å². The van der Waals surface area contributed by atoms with Crippen LogP contribution < -0.4 is 5.32 Å². The van der Waals surface area contributed by atoms with Gasteiger partial charge in [-0.1, -0.05) is 0 Å². The Hall–Kier alpha value is 0.297. The topological polar surface area (TPSA) is 12.0 Å². The predicted octanol–water partition coefficient (Wildman–Crippen LogP) is 2.05. The SMILES string of the molecule is [Li][CH2]C=CCC1CCCCCN1. The summed E-state index contributed by atoms with van der Waals surface area (Å²) in [5.74, 6) is 0. The summed E-state index contributed by atoms with van der Waals surface area (Å²) in [7, 11) is 0. The summed E-state index contributed by atoms with van der Waals surface area (Å²) in [6.07, 6.45) is 11.4. The molecule has 0 saturated carbocycles. The average Bonchev–Trinajstić information content (AvgIpc) is 2.33. The van der Waals surface area contributed by atoms with Crippen molar-refractivity contribution in [1.29, 1.82) is 0 Å². The Morgan fingerprint density at radius 2 is 2.17 bits per heavy atom. The molecule has 1 nitrogen and oxygen atoms in total. The van der Waals surface area contributed by atoms with Gasteiger partial charge in [-0.05, 0) is 0 Å². The molecule has 0 amide bonds. The number of hydrogen-bond acceptors (Lipinski definition) is 1. The zero-order valence-corrected chi connectivity index (χ0v) is 8.18. The first-order valence-corrected chi connectivity index (χ1v) is 5.32. The first kappa shape index (κ1) is 10.4. The molecule has 0 aliphatic carbocycles. The van der Waals surface area contributed by atoms with Crippen LogP contribution >= 0.6 is 0 Å². The van der Waals surface area contributed by atoms with Crippen LogP contribution in [0.15, 0.2) is 12.2 Å². The molecule has 2 heteroatoms. The Morgan fingerprint density at radius 3 is 3.00 bits per heavy atom. The van der Waals surface area contributed by atoms with Gasteiger partial charge in [0.2, 0.25) is 0 Å². The van der Waals surface area contributed by atoms with Gasteiger partial charge in [-0.25, -0.2) is 0 Å². The third-order valence-corrected chi connectivity index (χ3v) is 2.49. The van der Waals surface area contributed by atoms with Crippen LogP contribution in [0.4, 0.5) is 0 Å². The molecule has 0 bridgehead atoms. The minimum atomic E-state index is 0.760. The molecule has 0 aromatic rings. The van der Waals surface area contributed by atoms with Crippen molar-refractivity contribution in [2.45, 2.75) is 43.2 Å². The summed E-state index contributed by atoms with van der Waals surface area (Å²) < 4.78 is 0. The fourth-order valence-corrected chi connectivity index (χ4v) is 1.73. The van der Waals surface area contributed by atoms with E-state index in [9.17, 15) is 0 Å². The van der Waals surface area contributed by atoms with Crippen LogP contribution in [0.1, 0.15) is 32.1 Å². The first-order valence-electron chi connectivity index (χ1n) is 5.32. The Balaban J connectivity index is 2.16. The van der Waals surface area contributed by atoms with E-state index in [0.29, 0.717) is 0 Å². The number of nitrogens with one attached hydrogen (secondary N) is 1. The van der Waals surface area contributed by atoms with Gasteiger partial charge in [0.15, 0.2) is 0 Å². The molecule has 1 atom stereocenters. The zero-order chi connectivity index (χ0) is 8.65. The van der Waals surface area contributed by atoms with Crippen LogP contribution in [0.2, 0.25) is 5.09 Å². The molecule has 1 N–H and O–H groups in total. The molecule has 1 saturated heterocycles. The molecule has 0 aromatic heterocycles. The van der Waals surface area contributed by atoms with Crippen molar-refractivity contribution in [3.63, 3.8) is 0 Å². The molecular weight excluding hydrogens is 141 g/mol. The van der Waals surface area contributed by atoms with Crippen molar-refractivity contribution in [3.8, 4) is 0 Å². The maximum atomic E-state index is 3.59. The van der Waals surface area contributed by atoms with E-state index in [1.165, 1.54) is 43.7 Å². The number of hydrogen-bond donors (Lipinski definition) is 1. The van der Waals surface area contributed by atoms with E-state index in [1.54, 1.807) is 0 Å². The van der Waals surface area contributed by atoms with Gasteiger partial charge in [-0.3, -0.25) is 0 Å². The van der Waals surface area contributed by atoms with E-state index < -0.39 is 0 Å². The summed E-state index contributed by atoms with van der Waals surface area (Å²) >= 11 is 2.19. The summed E-state index contributed by atoms with van der Waals surface area (Å²) in [6, 6.07) is 0.760. The second kappa shape index (κ2) is 6.77. The second-order valence-corrected chi connectivity index (χ2v) is 3.62. The van der Waals surface area contributed by atoms with Gasteiger partial charge < -0.3 is 0 Å². The van der Waals surface area contributed by atoms with Crippen molar-refractivity contribution < 1.29 is 0 Å². The van der Waals surface area contributed by atoms with Crippen LogP contribution in [-0.4, -0.2) is 30.3 Å². The van der Waals surface area contributed by atoms with Crippen LogP contribution in [0.5, 0.6) is 0 Å². The zero-order valence-electron chi connectivity index (χ0n) is 8.18. The van der Waals surface area contributed by atoms with Crippen LogP contribution in [-0.2, 0) is 0 Å². The molecule has 1 aliphatic heterocycles. The predicted molar refractivity (Wildman–Crippen MR) is 54.6 cm³/mol. The van der Waals surface area contributed by atoms with Gasteiger partial charge in [-0.15, -0.1) is 0 Å². The van der Waals surface area contributed by atoms with Crippen molar-refractivity contribution in [1.82, 2.24) is 5.32 Å². The molecule has 0 aromatic carbocycles. The van der Waals surface area contributed by atoms with Gasteiger partial charge in [0.25, 0.3) is 0 Å². The molecule has 1 aliphatic rings. The van der Waals surface area contributed by atoms with E-state index in [2.05, 4.69) is 35.2 Å². The summed E-state index contributed by atoms with van der Waals surface area (Å²) in [6.45, 7) is 1.23. The Bertz CT molecular complexity index is 126. The van der Waals surface area contributed by atoms with Crippen molar-refractivity contribution in [2.75, 3.05) is 6.54 Å². The Kier molecular flexibility index (Phi) is 5.86. The van der Waals surface area contributed by atoms with Gasteiger partial charge in [-0.2, -0.15) is 0 Å². The van der Waals surface area contributed by atoms with Crippen LogP contribution in [0, 0.1) is 0 Å². The normalized spacial score (nSPS) is 26.0. The van der Waals surface area contributed by atoms with E-state index in [-0.39, 0.29) is 0 Å². The summed E-state index contributed by atoms with van der Waals surface area (Å²) in [4.78, 5) is 0. The van der Waals surface area contributed by atoms with Crippen LogP contribution in [0.3, 0.4) is 0 Å². The standard InChI is InChI=1S/C10H18N.Li/c1-2-3-7-10-8-5-4-6-9-11-10;/h2-3,10-11H,1,4-9H2;. The van der Waals surface area contributed by atoms with E-state index in [0.717, 1.165) is 6.04 Å². The third-order valence-electron chi connectivity index (χ3n) is 2.49. The van der Waals surface area contributed by atoms with Crippen molar-refractivity contribution >= 4 is 17.7 Å². The van der Waals surface area contributed by atoms with Gasteiger partial charge >= 0.3 is 85.0 Å². The second-order valence-electron chi connectivity index (χ2n) is 3.62. The fraction of sp³-hybridized carbons (Fsp3) is 0.800. The molecular formula is C10H18LiN. The van der Waals surface area contributed by atoms with E-state index in [4.69, 9.17) is 0 Å². The minimum absolute atomic E-state index is 0.760. The quantitative estimate of drug-likeness (QED) is 0.491. The molecule has 0 radical (unpaired) electrons. The van der Waals surface area contributed by atoms with Gasteiger partial charge in [0, 0.05) is 0 Å². The summed E-state index contributed by atoms with van der Waals surface area (Å²) in [5.41, 5.74) is 0. The third kappa shape index (κ3) is 4.35. The van der Waals surface area contributed by atoms with Crippen LogP contribution in [0.25, 0.3) is 0 Å². The van der Waals surface area contributed by atoms with E-state index >= 15 is 0 Å². The molecule has 0 spiro atoms. The number of rotatable bonds is 3. The Labute approximate surface area is 85.2 Å². The van der Waals surface area contributed by atoms with Gasteiger partial charge in [0.1, 0.15) is 0 Å². The monoisotopic (exact) mass is 159 g/mol. The molecule has 1 fully saturated rings. The van der Waals surface area contributed by atoms with E-state index in [1.807, 2.05) is 0 Å². The molecule has 12 heavy (non-hydrogen) atoms. The van der Waals surface area contributed by atoms with Crippen molar-refractivity contribution in [2.24, 2.45) is 0 Å². The molecule has 1 rings (SSSR count). The maximum absolute atomic E-state index is 3.59. The summed E-state index contributed by atoms with van der Waals surface area (Å²) in [5, 5.41) is 4.76. The molecule has 64 valence electrons. The Morgan fingerprint density at radius 1 is 1.25 bits per heavy atom.